The van der Waals surface area contributed by atoms with Crippen molar-refractivity contribution in [3.05, 3.63) is 83.6 Å². The van der Waals surface area contributed by atoms with Crippen LogP contribution in [0.2, 0.25) is 0 Å². The van der Waals surface area contributed by atoms with E-state index < -0.39 is 0 Å². The minimum Gasteiger partial charge on any atom is -0.401 e. The monoisotopic (exact) mass is 359 g/mol. The first kappa shape index (κ1) is 17.2. The van der Waals surface area contributed by atoms with Crippen LogP contribution in [0, 0.1) is 6.92 Å². The zero-order valence-electron chi connectivity index (χ0n) is 15.8. The number of anilines is 2. The van der Waals surface area contributed by atoms with Crippen LogP contribution in [0.15, 0.2) is 66.9 Å². The Kier molecular flexibility index (Phi) is 4.59. The molecule has 2 aromatic carbocycles. The highest BCUT2D eigenvalue weighted by Gasteiger charge is 2.21. The zero-order valence-corrected chi connectivity index (χ0v) is 15.8. The summed E-state index contributed by atoms with van der Waals surface area (Å²) in [6.45, 7) is 6.57. The predicted molar refractivity (Wildman–Crippen MR) is 111 cm³/mol. The lowest BCUT2D eigenvalue weighted by Gasteiger charge is -2.25. The lowest BCUT2D eigenvalue weighted by Crippen LogP contribution is -2.24. The number of fused-ring (bicyclic) bond motifs is 1. The first-order valence-corrected chi connectivity index (χ1v) is 9.25. The highest BCUT2D eigenvalue weighted by atomic mass is 15.2. The molecule has 5 nitrogen and oxygen atoms in total. The van der Waals surface area contributed by atoms with E-state index in [9.17, 15) is 0 Å². The summed E-state index contributed by atoms with van der Waals surface area (Å²) in [4.78, 5) is 6.52. The molecule has 1 aliphatic heterocycles. The molecule has 0 bridgehead atoms. The highest BCUT2D eigenvalue weighted by Crippen LogP contribution is 2.35. The van der Waals surface area contributed by atoms with Crippen molar-refractivity contribution >= 4 is 17.1 Å². The second-order valence-electron chi connectivity index (χ2n) is 7.06. The summed E-state index contributed by atoms with van der Waals surface area (Å²) in [5.41, 5.74) is 14.0. The molecule has 0 spiro atoms. The molecule has 3 N–H and O–H groups in total. The maximum atomic E-state index is 6.19. The quantitative estimate of drug-likeness (QED) is 0.750. The summed E-state index contributed by atoms with van der Waals surface area (Å²) in [5, 5.41) is 3.51. The van der Waals surface area contributed by atoms with Crippen LogP contribution in [0.25, 0.3) is 5.70 Å². The summed E-state index contributed by atoms with van der Waals surface area (Å²) in [6, 6.07) is 15.3. The van der Waals surface area contributed by atoms with Crippen molar-refractivity contribution < 1.29 is 0 Å². The Morgan fingerprint density at radius 3 is 2.70 bits per heavy atom. The molecule has 4 rings (SSSR count). The molecule has 0 saturated carbocycles. The maximum Gasteiger partial charge on any atom is 0.0949 e. The molecule has 27 heavy (non-hydrogen) atoms. The number of hydrogen-bond acceptors (Lipinski definition) is 4. The van der Waals surface area contributed by atoms with Crippen molar-refractivity contribution in [1.82, 2.24) is 14.9 Å². The molecule has 0 amide bonds. The molecule has 0 fully saturated rings. The third-order valence-corrected chi connectivity index (χ3v) is 4.92. The van der Waals surface area contributed by atoms with Gasteiger partial charge < -0.3 is 20.5 Å². The van der Waals surface area contributed by atoms with Crippen LogP contribution in [0.1, 0.15) is 23.6 Å². The number of nitrogens with zero attached hydrogens (tertiary/aromatic N) is 3. The SMILES string of the molecule is C/C(N)=C1/NCCN(c2ccc(C)cc2)c2cc(Cn3ccnc3)ccc21. The van der Waals surface area contributed by atoms with Gasteiger partial charge in [-0.3, -0.25) is 0 Å². The fourth-order valence-corrected chi connectivity index (χ4v) is 3.55. The predicted octanol–water partition coefficient (Wildman–Crippen LogP) is 3.63. The molecule has 1 aliphatic rings. The fraction of sp³-hybridized carbons (Fsp3) is 0.227. The van der Waals surface area contributed by atoms with E-state index in [4.69, 9.17) is 5.73 Å². The second kappa shape index (κ2) is 7.19. The van der Waals surface area contributed by atoms with Crippen molar-refractivity contribution in [2.24, 2.45) is 5.73 Å². The Balaban J connectivity index is 1.81. The molecule has 0 aliphatic carbocycles. The van der Waals surface area contributed by atoms with Gasteiger partial charge >= 0.3 is 0 Å². The average molecular weight is 359 g/mol. The van der Waals surface area contributed by atoms with Gasteiger partial charge in [0.2, 0.25) is 0 Å². The van der Waals surface area contributed by atoms with E-state index >= 15 is 0 Å². The molecular formula is C22H25N5. The van der Waals surface area contributed by atoms with Crippen LogP contribution in [-0.4, -0.2) is 22.6 Å². The van der Waals surface area contributed by atoms with Crippen LogP contribution in [0.3, 0.4) is 0 Å². The third-order valence-electron chi connectivity index (χ3n) is 4.92. The van der Waals surface area contributed by atoms with Crippen LogP contribution >= 0.6 is 0 Å². The number of rotatable bonds is 3. The van der Waals surface area contributed by atoms with E-state index in [-0.39, 0.29) is 0 Å². The molecule has 2 heterocycles. The molecule has 0 radical (unpaired) electrons. The topological polar surface area (TPSA) is 59.1 Å². The van der Waals surface area contributed by atoms with Gasteiger partial charge in [-0.2, -0.15) is 0 Å². The van der Waals surface area contributed by atoms with Crippen LogP contribution in [0.5, 0.6) is 0 Å². The lowest BCUT2D eigenvalue weighted by molar-refractivity contribution is 0.796. The van der Waals surface area contributed by atoms with E-state index in [1.54, 1.807) is 0 Å². The Labute approximate surface area is 160 Å². The van der Waals surface area contributed by atoms with Crippen molar-refractivity contribution in [3.8, 4) is 0 Å². The molecule has 0 unspecified atom stereocenters. The van der Waals surface area contributed by atoms with E-state index in [0.29, 0.717) is 0 Å². The summed E-state index contributed by atoms with van der Waals surface area (Å²) in [6.07, 6.45) is 5.64. The molecule has 138 valence electrons. The fourth-order valence-electron chi connectivity index (χ4n) is 3.55. The smallest absolute Gasteiger partial charge is 0.0949 e. The van der Waals surface area contributed by atoms with Crippen LogP contribution < -0.4 is 16.0 Å². The van der Waals surface area contributed by atoms with Gasteiger partial charge in [-0.1, -0.05) is 29.8 Å². The van der Waals surface area contributed by atoms with Crippen LogP contribution in [0.4, 0.5) is 11.4 Å². The van der Waals surface area contributed by atoms with Crippen molar-refractivity contribution in [2.45, 2.75) is 20.4 Å². The number of imidazole rings is 1. The van der Waals surface area contributed by atoms with Crippen molar-refractivity contribution in [1.29, 1.82) is 0 Å². The lowest BCUT2D eigenvalue weighted by atomic mass is 10.0. The summed E-state index contributed by atoms with van der Waals surface area (Å²) in [7, 11) is 0. The highest BCUT2D eigenvalue weighted by molar-refractivity contribution is 5.82. The second-order valence-corrected chi connectivity index (χ2v) is 7.06. The first-order valence-electron chi connectivity index (χ1n) is 9.25. The van der Waals surface area contributed by atoms with Gasteiger partial charge in [0.15, 0.2) is 0 Å². The van der Waals surface area contributed by atoms with Gasteiger partial charge in [0.05, 0.1) is 17.7 Å². The van der Waals surface area contributed by atoms with E-state index in [0.717, 1.165) is 36.6 Å². The van der Waals surface area contributed by atoms with Gasteiger partial charge in [-0.25, -0.2) is 4.98 Å². The Morgan fingerprint density at radius 1 is 1.19 bits per heavy atom. The summed E-state index contributed by atoms with van der Waals surface area (Å²) in [5.74, 6) is 0. The number of allylic oxidation sites excluding steroid dienone is 1. The molecule has 0 saturated heterocycles. The Hall–Kier alpha value is -3.21. The number of benzene rings is 2. The Morgan fingerprint density at radius 2 is 2.00 bits per heavy atom. The first-order chi connectivity index (χ1) is 13.1. The number of hydrogen-bond donors (Lipinski definition) is 2. The van der Waals surface area contributed by atoms with Gasteiger partial charge in [0.1, 0.15) is 0 Å². The minimum atomic E-state index is 0.795. The Bertz CT molecular complexity index is 951. The normalized spacial score (nSPS) is 15.7. The summed E-state index contributed by atoms with van der Waals surface area (Å²) < 4.78 is 2.08. The van der Waals surface area contributed by atoms with E-state index in [1.165, 1.54) is 22.5 Å². The molecule has 5 heteroatoms. The van der Waals surface area contributed by atoms with Gasteiger partial charge in [-0.15, -0.1) is 0 Å². The average Bonchev–Trinajstić information content (AvgIpc) is 3.08. The van der Waals surface area contributed by atoms with Gasteiger partial charge in [0, 0.05) is 49.0 Å². The third kappa shape index (κ3) is 3.53. The zero-order chi connectivity index (χ0) is 18.8. The van der Waals surface area contributed by atoms with Crippen LogP contribution in [-0.2, 0) is 6.54 Å². The number of aryl methyl sites for hydroxylation is 1. The number of aromatic nitrogens is 2. The maximum absolute atomic E-state index is 6.19. The number of nitrogens with two attached hydrogens (primary N) is 1. The van der Waals surface area contributed by atoms with Crippen molar-refractivity contribution in [2.75, 3.05) is 18.0 Å². The molecular weight excluding hydrogens is 334 g/mol. The van der Waals surface area contributed by atoms with E-state index in [2.05, 4.69) is 69.2 Å². The van der Waals surface area contributed by atoms with Crippen molar-refractivity contribution in [3.63, 3.8) is 0 Å². The largest absolute Gasteiger partial charge is 0.401 e. The molecule has 3 aromatic rings. The minimum absolute atomic E-state index is 0.795. The standard InChI is InChI=1S/C22H25N5/c1-16-3-6-19(7-4-16)27-12-10-25-22(17(2)23)20-8-5-18(13-21(20)27)14-26-11-9-24-15-26/h3-9,11,13,15,25H,10,12,14,23H2,1-2H3/b22-17-. The van der Waals surface area contributed by atoms with Gasteiger partial charge in [0.25, 0.3) is 0 Å². The molecule has 1 aromatic heterocycles. The van der Waals surface area contributed by atoms with E-state index in [1.807, 2.05) is 25.6 Å². The summed E-state index contributed by atoms with van der Waals surface area (Å²) >= 11 is 0. The number of nitrogens with one attached hydrogen (secondary N) is 1. The molecule has 0 atom stereocenters. The van der Waals surface area contributed by atoms with Gasteiger partial charge in [-0.05, 0) is 37.6 Å².